The highest BCUT2D eigenvalue weighted by Crippen LogP contribution is 2.26. The molecule has 1 aromatic carbocycles. The van der Waals surface area contributed by atoms with E-state index in [1.54, 1.807) is 0 Å². The summed E-state index contributed by atoms with van der Waals surface area (Å²) in [5.41, 5.74) is 4.97. The molecular formula is C16H16N4. The van der Waals surface area contributed by atoms with Crippen LogP contribution in [0.1, 0.15) is 24.6 Å². The number of rotatable bonds is 5. The van der Waals surface area contributed by atoms with Crippen LogP contribution in [0.15, 0.2) is 30.3 Å². The van der Waals surface area contributed by atoms with Crippen LogP contribution in [0.2, 0.25) is 0 Å². The molecule has 2 N–H and O–H groups in total. The number of aromatic nitrogens is 1. The SMILES string of the molecule is CCCc1cc(-c2ccc(CC#N)[nH]2)ccc1NC#N. The minimum atomic E-state index is 0.385. The van der Waals surface area contributed by atoms with Crippen LogP contribution in [0.3, 0.4) is 0 Å². The monoisotopic (exact) mass is 264 g/mol. The van der Waals surface area contributed by atoms with Crippen LogP contribution in [-0.2, 0) is 12.8 Å². The Labute approximate surface area is 118 Å². The summed E-state index contributed by atoms with van der Waals surface area (Å²) in [6.45, 7) is 2.11. The molecule has 0 spiro atoms. The lowest BCUT2D eigenvalue weighted by atomic mass is 10.0. The van der Waals surface area contributed by atoms with Crippen LogP contribution < -0.4 is 5.32 Å². The highest BCUT2D eigenvalue weighted by Gasteiger charge is 2.06. The third kappa shape index (κ3) is 2.99. The number of H-pyrrole nitrogens is 1. The molecule has 1 heterocycles. The number of benzene rings is 1. The fourth-order valence-corrected chi connectivity index (χ4v) is 2.22. The Balaban J connectivity index is 2.34. The molecule has 0 saturated carbocycles. The Bertz CT molecular complexity index is 671. The van der Waals surface area contributed by atoms with Gasteiger partial charge >= 0.3 is 0 Å². The molecule has 0 radical (unpaired) electrons. The third-order valence-corrected chi connectivity index (χ3v) is 3.14. The van der Waals surface area contributed by atoms with E-state index in [-0.39, 0.29) is 0 Å². The molecule has 0 aliphatic heterocycles. The molecule has 0 bridgehead atoms. The van der Waals surface area contributed by atoms with Gasteiger partial charge in [-0.2, -0.15) is 10.5 Å². The second kappa shape index (κ2) is 6.45. The van der Waals surface area contributed by atoms with Gasteiger partial charge in [-0.3, -0.25) is 5.32 Å². The van der Waals surface area contributed by atoms with Gasteiger partial charge in [-0.05, 0) is 41.8 Å². The zero-order valence-electron chi connectivity index (χ0n) is 11.4. The highest BCUT2D eigenvalue weighted by atomic mass is 14.9. The van der Waals surface area contributed by atoms with E-state index in [2.05, 4.69) is 29.4 Å². The van der Waals surface area contributed by atoms with E-state index in [4.69, 9.17) is 10.5 Å². The smallest absolute Gasteiger partial charge is 0.181 e. The lowest BCUT2D eigenvalue weighted by Crippen LogP contribution is -1.95. The summed E-state index contributed by atoms with van der Waals surface area (Å²) >= 11 is 0. The van der Waals surface area contributed by atoms with Gasteiger partial charge in [0.05, 0.1) is 18.2 Å². The summed E-state index contributed by atoms with van der Waals surface area (Å²) in [4.78, 5) is 3.24. The zero-order valence-corrected chi connectivity index (χ0v) is 11.4. The van der Waals surface area contributed by atoms with Crippen molar-refractivity contribution in [3.63, 3.8) is 0 Å². The van der Waals surface area contributed by atoms with Crippen molar-refractivity contribution in [2.24, 2.45) is 0 Å². The number of aromatic amines is 1. The molecule has 4 nitrogen and oxygen atoms in total. The van der Waals surface area contributed by atoms with E-state index in [1.165, 1.54) is 0 Å². The quantitative estimate of drug-likeness (QED) is 0.640. The van der Waals surface area contributed by atoms with Crippen molar-refractivity contribution < 1.29 is 0 Å². The van der Waals surface area contributed by atoms with Gasteiger partial charge in [0.25, 0.3) is 0 Å². The maximum Gasteiger partial charge on any atom is 0.181 e. The van der Waals surface area contributed by atoms with Gasteiger partial charge < -0.3 is 4.98 Å². The number of nitriles is 2. The van der Waals surface area contributed by atoms with E-state index in [0.717, 1.165) is 41.0 Å². The van der Waals surface area contributed by atoms with Crippen LogP contribution in [0, 0.1) is 22.8 Å². The largest absolute Gasteiger partial charge is 0.358 e. The fraction of sp³-hybridized carbons (Fsp3) is 0.250. The minimum absolute atomic E-state index is 0.385. The summed E-state index contributed by atoms with van der Waals surface area (Å²) in [5, 5.41) is 20.2. The van der Waals surface area contributed by atoms with E-state index in [9.17, 15) is 0 Å². The predicted octanol–water partition coefficient (Wildman–Crippen LogP) is 3.59. The summed E-state index contributed by atoms with van der Waals surface area (Å²) in [6.07, 6.45) is 4.30. The average Bonchev–Trinajstić information content (AvgIpc) is 2.90. The molecule has 0 atom stereocenters. The molecule has 2 rings (SSSR count). The number of nitrogens with zero attached hydrogens (tertiary/aromatic N) is 2. The normalized spacial score (nSPS) is 9.75. The van der Waals surface area contributed by atoms with E-state index in [0.29, 0.717) is 6.42 Å². The molecule has 0 fully saturated rings. The average molecular weight is 264 g/mol. The van der Waals surface area contributed by atoms with Gasteiger partial charge in [-0.25, -0.2) is 0 Å². The van der Waals surface area contributed by atoms with Crippen LogP contribution in [0.4, 0.5) is 5.69 Å². The van der Waals surface area contributed by atoms with Gasteiger partial charge in [0, 0.05) is 11.4 Å². The lowest BCUT2D eigenvalue weighted by molar-refractivity contribution is 0.924. The molecule has 100 valence electrons. The maximum atomic E-state index is 8.76. The minimum Gasteiger partial charge on any atom is -0.358 e. The molecule has 2 aromatic rings. The molecule has 0 aliphatic carbocycles. The van der Waals surface area contributed by atoms with Crippen molar-refractivity contribution in [3.8, 4) is 23.5 Å². The number of nitrogens with one attached hydrogen (secondary N) is 2. The Kier molecular flexibility index (Phi) is 4.42. The molecule has 0 unspecified atom stereocenters. The summed E-state index contributed by atoms with van der Waals surface area (Å²) < 4.78 is 0. The second-order valence-electron chi connectivity index (χ2n) is 4.59. The van der Waals surface area contributed by atoms with Gasteiger partial charge in [-0.1, -0.05) is 19.4 Å². The van der Waals surface area contributed by atoms with Crippen molar-refractivity contribution in [2.75, 3.05) is 5.32 Å². The Morgan fingerprint density at radius 3 is 2.75 bits per heavy atom. The van der Waals surface area contributed by atoms with Crippen LogP contribution in [-0.4, -0.2) is 4.98 Å². The van der Waals surface area contributed by atoms with E-state index >= 15 is 0 Å². The molecule has 20 heavy (non-hydrogen) atoms. The first-order valence-corrected chi connectivity index (χ1v) is 6.61. The highest BCUT2D eigenvalue weighted by molar-refractivity contribution is 5.67. The Hall–Kier alpha value is -2.72. The van der Waals surface area contributed by atoms with E-state index < -0.39 is 0 Å². The molecule has 0 saturated heterocycles. The van der Waals surface area contributed by atoms with Gasteiger partial charge in [0.1, 0.15) is 0 Å². The number of anilines is 1. The van der Waals surface area contributed by atoms with Crippen LogP contribution in [0.5, 0.6) is 0 Å². The summed E-state index contributed by atoms with van der Waals surface area (Å²) in [5.74, 6) is 0. The van der Waals surface area contributed by atoms with Gasteiger partial charge in [0.2, 0.25) is 0 Å². The molecular weight excluding hydrogens is 248 g/mol. The van der Waals surface area contributed by atoms with Crippen molar-refractivity contribution in [2.45, 2.75) is 26.2 Å². The molecule has 4 heteroatoms. The van der Waals surface area contributed by atoms with Gasteiger partial charge in [0.15, 0.2) is 6.19 Å². The first-order chi connectivity index (χ1) is 9.78. The van der Waals surface area contributed by atoms with E-state index in [1.807, 2.05) is 30.5 Å². The third-order valence-electron chi connectivity index (χ3n) is 3.14. The molecule has 1 aromatic heterocycles. The van der Waals surface area contributed by atoms with Crippen molar-refractivity contribution in [3.05, 3.63) is 41.6 Å². The topological polar surface area (TPSA) is 75.4 Å². The van der Waals surface area contributed by atoms with Crippen molar-refractivity contribution in [1.29, 1.82) is 10.5 Å². The Morgan fingerprint density at radius 2 is 2.05 bits per heavy atom. The standard InChI is InChI=1S/C16H16N4/c1-2-3-12-10-13(4-6-15(12)19-11-18)16-7-5-14(20-16)8-9-17/h4-7,10,19-20H,2-3,8H2,1H3. The molecule has 0 aliphatic rings. The number of hydrogen-bond donors (Lipinski definition) is 2. The number of aryl methyl sites for hydroxylation is 1. The lowest BCUT2D eigenvalue weighted by Gasteiger charge is -2.09. The number of hydrogen-bond acceptors (Lipinski definition) is 3. The zero-order chi connectivity index (χ0) is 14.4. The van der Waals surface area contributed by atoms with Crippen LogP contribution >= 0.6 is 0 Å². The predicted molar refractivity (Wildman–Crippen MR) is 78.8 cm³/mol. The van der Waals surface area contributed by atoms with Gasteiger partial charge in [-0.15, -0.1) is 0 Å². The van der Waals surface area contributed by atoms with Crippen molar-refractivity contribution >= 4 is 5.69 Å². The fourth-order valence-electron chi connectivity index (χ4n) is 2.22. The Morgan fingerprint density at radius 1 is 1.20 bits per heavy atom. The molecule has 0 amide bonds. The van der Waals surface area contributed by atoms with Crippen LogP contribution in [0.25, 0.3) is 11.3 Å². The first kappa shape index (κ1) is 13.7. The second-order valence-corrected chi connectivity index (χ2v) is 4.59. The summed E-state index contributed by atoms with van der Waals surface area (Å²) in [6, 6.07) is 12.0. The van der Waals surface area contributed by atoms with Crippen molar-refractivity contribution in [1.82, 2.24) is 4.98 Å². The first-order valence-electron chi connectivity index (χ1n) is 6.61. The maximum absolute atomic E-state index is 8.76. The summed E-state index contributed by atoms with van der Waals surface area (Å²) in [7, 11) is 0.